The van der Waals surface area contributed by atoms with Crippen LogP contribution in [0.5, 0.6) is 5.75 Å². The second-order valence-corrected chi connectivity index (χ2v) is 8.82. The predicted octanol–water partition coefficient (Wildman–Crippen LogP) is 5.61. The van der Waals surface area contributed by atoms with Gasteiger partial charge in [0.15, 0.2) is 5.13 Å². The average Bonchev–Trinajstić information content (AvgIpc) is 3.25. The largest absolute Gasteiger partial charge is 0.494 e. The fraction of sp³-hybridized carbons (Fsp3) is 0.269. The smallest absolute Gasteiger partial charge is 0.186 e. The summed E-state index contributed by atoms with van der Waals surface area (Å²) < 4.78 is 6.84. The number of hydrogen-bond donors (Lipinski definition) is 0. The van der Waals surface area contributed by atoms with Gasteiger partial charge in [-0.05, 0) is 36.2 Å². The van der Waals surface area contributed by atoms with Crippen molar-refractivity contribution < 1.29 is 4.74 Å². The van der Waals surface area contributed by atoms with E-state index < -0.39 is 0 Å². The van der Waals surface area contributed by atoms with Crippen molar-refractivity contribution in [1.29, 1.82) is 0 Å². The third-order valence-electron chi connectivity index (χ3n) is 5.84. The molecule has 4 aromatic rings. The SMILES string of the molecule is CCOc1ccc2nc(N3CCN(C(c4ccccc4)c4ccccc4)CC3)sc2c1. The Morgan fingerprint density at radius 3 is 2.13 bits per heavy atom. The minimum Gasteiger partial charge on any atom is -0.494 e. The van der Waals surface area contributed by atoms with Crippen molar-refractivity contribution in [2.75, 3.05) is 37.7 Å². The minimum absolute atomic E-state index is 0.286. The molecule has 0 radical (unpaired) electrons. The van der Waals surface area contributed by atoms with Gasteiger partial charge in [-0.3, -0.25) is 4.90 Å². The zero-order valence-corrected chi connectivity index (χ0v) is 18.6. The van der Waals surface area contributed by atoms with Gasteiger partial charge >= 0.3 is 0 Å². The summed E-state index contributed by atoms with van der Waals surface area (Å²) in [5, 5.41) is 1.11. The maximum absolute atomic E-state index is 5.65. The van der Waals surface area contributed by atoms with Crippen LogP contribution in [0.15, 0.2) is 78.9 Å². The highest BCUT2D eigenvalue weighted by atomic mass is 32.1. The molecule has 5 heteroatoms. The molecule has 0 N–H and O–H groups in total. The molecular formula is C26H27N3OS. The summed E-state index contributed by atoms with van der Waals surface area (Å²) in [5.74, 6) is 0.920. The summed E-state index contributed by atoms with van der Waals surface area (Å²) >= 11 is 1.76. The lowest BCUT2D eigenvalue weighted by molar-refractivity contribution is 0.212. The Kier molecular flexibility index (Phi) is 5.87. The van der Waals surface area contributed by atoms with Gasteiger partial charge in [-0.2, -0.15) is 0 Å². The van der Waals surface area contributed by atoms with E-state index >= 15 is 0 Å². The molecule has 1 aliphatic rings. The maximum Gasteiger partial charge on any atom is 0.186 e. The molecule has 0 saturated carbocycles. The van der Waals surface area contributed by atoms with E-state index in [4.69, 9.17) is 9.72 Å². The molecular weight excluding hydrogens is 402 g/mol. The summed E-state index contributed by atoms with van der Waals surface area (Å²) in [4.78, 5) is 9.92. The summed E-state index contributed by atoms with van der Waals surface area (Å²) in [6.07, 6.45) is 0. The third kappa shape index (κ3) is 4.29. The summed E-state index contributed by atoms with van der Waals surface area (Å²) in [6, 6.07) is 28.2. The highest BCUT2D eigenvalue weighted by Crippen LogP contribution is 2.34. The van der Waals surface area contributed by atoms with E-state index in [1.807, 2.05) is 13.0 Å². The van der Waals surface area contributed by atoms with Crippen molar-refractivity contribution in [2.24, 2.45) is 0 Å². The monoisotopic (exact) mass is 429 g/mol. The Hall–Kier alpha value is -2.89. The molecule has 0 bridgehead atoms. The van der Waals surface area contributed by atoms with Gasteiger partial charge in [0.1, 0.15) is 5.75 Å². The van der Waals surface area contributed by atoms with Crippen LogP contribution in [0.1, 0.15) is 24.1 Å². The van der Waals surface area contributed by atoms with Crippen LogP contribution in [0.3, 0.4) is 0 Å². The third-order valence-corrected chi connectivity index (χ3v) is 6.92. The van der Waals surface area contributed by atoms with Crippen LogP contribution in [0.25, 0.3) is 10.2 Å². The summed E-state index contributed by atoms with van der Waals surface area (Å²) in [5.41, 5.74) is 3.76. The summed E-state index contributed by atoms with van der Waals surface area (Å²) in [7, 11) is 0. The summed E-state index contributed by atoms with van der Waals surface area (Å²) in [6.45, 7) is 6.68. The number of aromatic nitrogens is 1. The highest BCUT2D eigenvalue weighted by molar-refractivity contribution is 7.22. The first kappa shape index (κ1) is 20.0. The van der Waals surface area contributed by atoms with Gasteiger partial charge in [0.05, 0.1) is 22.9 Å². The Morgan fingerprint density at radius 2 is 1.52 bits per heavy atom. The number of nitrogens with zero attached hydrogens (tertiary/aromatic N) is 3. The Labute approximate surface area is 187 Å². The van der Waals surface area contributed by atoms with Crippen molar-refractivity contribution in [3.8, 4) is 5.75 Å². The number of thiazole rings is 1. The standard InChI is InChI=1S/C26H27N3OS/c1-2-30-22-13-14-23-24(19-22)31-26(27-23)29-17-15-28(16-18-29)25(20-9-5-3-6-10-20)21-11-7-4-8-12-21/h3-14,19,25H,2,15-18H2,1H3. The van der Waals surface area contributed by atoms with E-state index in [1.165, 1.54) is 15.8 Å². The fourth-order valence-corrected chi connectivity index (χ4v) is 5.39. The molecule has 0 aliphatic carbocycles. The zero-order chi connectivity index (χ0) is 21.0. The van der Waals surface area contributed by atoms with Crippen LogP contribution in [0.4, 0.5) is 5.13 Å². The number of rotatable bonds is 6. The van der Waals surface area contributed by atoms with Crippen LogP contribution < -0.4 is 9.64 Å². The van der Waals surface area contributed by atoms with Crippen molar-refractivity contribution in [2.45, 2.75) is 13.0 Å². The number of benzene rings is 3. The van der Waals surface area contributed by atoms with Crippen molar-refractivity contribution in [3.05, 3.63) is 90.0 Å². The van der Waals surface area contributed by atoms with Crippen LogP contribution in [-0.4, -0.2) is 42.7 Å². The maximum atomic E-state index is 5.65. The van der Waals surface area contributed by atoms with Crippen LogP contribution in [-0.2, 0) is 0 Å². The topological polar surface area (TPSA) is 28.6 Å². The number of hydrogen-bond acceptors (Lipinski definition) is 5. The molecule has 158 valence electrons. The second-order valence-electron chi connectivity index (χ2n) is 7.81. The van der Waals surface area contributed by atoms with Gasteiger partial charge in [-0.25, -0.2) is 4.98 Å². The van der Waals surface area contributed by atoms with Crippen molar-refractivity contribution in [3.63, 3.8) is 0 Å². The van der Waals surface area contributed by atoms with Crippen LogP contribution in [0.2, 0.25) is 0 Å². The molecule has 1 fully saturated rings. The van der Waals surface area contributed by atoms with E-state index in [2.05, 4.69) is 82.6 Å². The van der Waals surface area contributed by atoms with Crippen LogP contribution >= 0.6 is 11.3 Å². The fourth-order valence-electron chi connectivity index (χ4n) is 4.34. The first-order valence-electron chi connectivity index (χ1n) is 10.9. The lowest BCUT2D eigenvalue weighted by Crippen LogP contribution is -2.47. The molecule has 0 amide bonds. The zero-order valence-electron chi connectivity index (χ0n) is 17.8. The van der Waals surface area contributed by atoms with Gasteiger partial charge in [0.2, 0.25) is 0 Å². The molecule has 0 spiro atoms. The lowest BCUT2D eigenvalue weighted by atomic mass is 9.96. The van der Waals surface area contributed by atoms with E-state index in [0.29, 0.717) is 6.61 Å². The Morgan fingerprint density at radius 1 is 0.871 bits per heavy atom. The first-order valence-corrected chi connectivity index (χ1v) is 11.8. The quantitative estimate of drug-likeness (QED) is 0.398. The van der Waals surface area contributed by atoms with Gasteiger partial charge < -0.3 is 9.64 Å². The molecule has 2 heterocycles. The Bertz CT molecular complexity index is 1080. The average molecular weight is 430 g/mol. The van der Waals surface area contributed by atoms with Gasteiger partial charge in [0, 0.05) is 26.2 Å². The van der Waals surface area contributed by atoms with E-state index in [1.54, 1.807) is 11.3 Å². The molecule has 1 saturated heterocycles. The predicted molar refractivity (Wildman–Crippen MR) is 129 cm³/mol. The number of fused-ring (bicyclic) bond motifs is 1. The van der Waals surface area contributed by atoms with E-state index in [-0.39, 0.29) is 6.04 Å². The molecule has 0 atom stereocenters. The minimum atomic E-state index is 0.286. The van der Waals surface area contributed by atoms with Crippen molar-refractivity contribution in [1.82, 2.24) is 9.88 Å². The highest BCUT2D eigenvalue weighted by Gasteiger charge is 2.27. The van der Waals surface area contributed by atoms with Gasteiger partial charge in [-0.15, -0.1) is 0 Å². The van der Waals surface area contributed by atoms with Crippen LogP contribution in [0, 0.1) is 0 Å². The molecule has 31 heavy (non-hydrogen) atoms. The molecule has 1 aromatic heterocycles. The number of piperazine rings is 1. The van der Waals surface area contributed by atoms with Gasteiger partial charge in [-0.1, -0.05) is 72.0 Å². The van der Waals surface area contributed by atoms with Gasteiger partial charge in [0.25, 0.3) is 0 Å². The molecule has 4 nitrogen and oxygen atoms in total. The first-order chi connectivity index (χ1) is 15.3. The number of anilines is 1. The molecule has 0 unspecified atom stereocenters. The molecule has 3 aromatic carbocycles. The lowest BCUT2D eigenvalue weighted by Gasteiger charge is -2.39. The molecule has 1 aliphatic heterocycles. The second kappa shape index (κ2) is 9.08. The molecule has 5 rings (SSSR count). The van der Waals surface area contributed by atoms with E-state index in [0.717, 1.165) is 42.6 Å². The van der Waals surface area contributed by atoms with E-state index in [9.17, 15) is 0 Å². The number of ether oxygens (including phenoxy) is 1. The normalized spacial score (nSPS) is 15.0. The Balaban J connectivity index is 1.34. The van der Waals surface area contributed by atoms with Crippen molar-refractivity contribution >= 4 is 26.7 Å².